The highest BCUT2D eigenvalue weighted by atomic mass is 19.1. The Morgan fingerprint density at radius 2 is 1.50 bits per heavy atom. The summed E-state index contributed by atoms with van der Waals surface area (Å²) in [6, 6.07) is 28.7. The van der Waals surface area contributed by atoms with Gasteiger partial charge in [-0.05, 0) is 47.9 Å². The van der Waals surface area contributed by atoms with Gasteiger partial charge in [0, 0.05) is 29.7 Å². The number of benzene rings is 4. The molecule has 0 saturated heterocycles. The first-order valence-corrected chi connectivity index (χ1v) is 14.6. The number of hydrogen-bond acceptors (Lipinski definition) is 6. The van der Waals surface area contributed by atoms with Crippen molar-refractivity contribution >= 4 is 29.0 Å². The maximum atomic E-state index is 14.5. The third kappa shape index (κ3) is 8.53. The number of carbonyl (C=O) groups is 3. The lowest BCUT2D eigenvalue weighted by Crippen LogP contribution is -2.36. The molecule has 0 bridgehead atoms. The van der Waals surface area contributed by atoms with Crippen molar-refractivity contribution in [3.05, 3.63) is 126 Å². The second-order valence-corrected chi connectivity index (χ2v) is 10.8. The zero-order valence-corrected chi connectivity index (χ0v) is 25.2. The Labute approximate surface area is 257 Å². The lowest BCUT2D eigenvalue weighted by molar-refractivity contribution is -0.141. The van der Waals surface area contributed by atoms with E-state index in [0.717, 1.165) is 5.56 Å². The summed E-state index contributed by atoms with van der Waals surface area (Å²) < 4.78 is 25.5. The van der Waals surface area contributed by atoms with Crippen LogP contribution in [0.15, 0.2) is 103 Å². The van der Waals surface area contributed by atoms with Crippen molar-refractivity contribution in [2.75, 3.05) is 30.5 Å². The van der Waals surface area contributed by atoms with Crippen molar-refractivity contribution < 1.29 is 28.2 Å². The highest BCUT2D eigenvalue weighted by Gasteiger charge is 2.23. The fourth-order valence-corrected chi connectivity index (χ4v) is 4.80. The van der Waals surface area contributed by atoms with Gasteiger partial charge >= 0.3 is 5.97 Å². The third-order valence-electron chi connectivity index (χ3n) is 7.00. The minimum atomic E-state index is -0.752. The number of ketones is 1. The van der Waals surface area contributed by atoms with E-state index in [1.54, 1.807) is 78.9 Å². The van der Waals surface area contributed by atoms with E-state index in [2.05, 4.69) is 5.32 Å². The lowest BCUT2D eigenvalue weighted by atomic mass is 10.00. The van der Waals surface area contributed by atoms with Crippen molar-refractivity contribution in [3.8, 4) is 5.75 Å². The number of nitrogens with one attached hydrogen (secondary N) is 1. The van der Waals surface area contributed by atoms with Crippen molar-refractivity contribution in [1.82, 2.24) is 0 Å². The number of anilines is 2. The van der Waals surface area contributed by atoms with Crippen LogP contribution in [0.5, 0.6) is 5.75 Å². The predicted molar refractivity (Wildman–Crippen MR) is 170 cm³/mol. The first-order valence-electron chi connectivity index (χ1n) is 14.6. The Morgan fingerprint density at radius 1 is 0.841 bits per heavy atom. The molecule has 4 rings (SSSR count). The lowest BCUT2D eigenvalue weighted by Gasteiger charge is -2.24. The van der Waals surface area contributed by atoms with Gasteiger partial charge < -0.3 is 19.7 Å². The largest absolute Gasteiger partial charge is 0.492 e. The number of para-hydroxylation sites is 2. The molecule has 0 aliphatic rings. The zero-order chi connectivity index (χ0) is 31.5. The van der Waals surface area contributed by atoms with E-state index in [1.807, 2.05) is 32.0 Å². The summed E-state index contributed by atoms with van der Waals surface area (Å²) in [4.78, 5) is 40.2. The minimum Gasteiger partial charge on any atom is -0.492 e. The number of ether oxygens (including phenoxy) is 2. The molecule has 1 atom stereocenters. The Morgan fingerprint density at radius 3 is 2.18 bits per heavy atom. The molecule has 7 nitrogen and oxygen atoms in total. The van der Waals surface area contributed by atoms with Gasteiger partial charge in [0.15, 0.2) is 5.78 Å². The summed E-state index contributed by atoms with van der Waals surface area (Å²) >= 11 is 0. The number of amides is 1. The minimum absolute atomic E-state index is 0.131. The van der Waals surface area contributed by atoms with E-state index < -0.39 is 17.8 Å². The summed E-state index contributed by atoms with van der Waals surface area (Å²) in [5, 5.41) is 3.21. The average molecular weight is 597 g/mol. The molecule has 1 amide bonds. The SMILES string of the molecule is COC(=O)[C@H](Cc1ccc(OCCN(C(=O)CC(C)C)c2ccccc2F)cc1)Nc1ccccc1C(=O)c1ccccc1. The Kier molecular flexibility index (Phi) is 11.2. The van der Waals surface area contributed by atoms with Crippen LogP contribution >= 0.6 is 0 Å². The van der Waals surface area contributed by atoms with Crippen LogP contribution in [0.1, 0.15) is 41.8 Å². The first-order chi connectivity index (χ1) is 21.3. The van der Waals surface area contributed by atoms with Crippen LogP contribution in [0.4, 0.5) is 15.8 Å². The van der Waals surface area contributed by atoms with E-state index in [4.69, 9.17) is 9.47 Å². The van der Waals surface area contributed by atoms with E-state index in [-0.39, 0.29) is 36.4 Å². The number of rotatable bonds is 14. The van der Waals surface area contributed by atoms with Gasteiger partial charge in [-0.1, -0.05) is 80.6 Å². The van der Waals surface area contributed by atoms with Crippen LogP contribution < -0.4 is 15.0 Å². The molecule has 4 aromatic carbocycles. The molecule has 0 heterocycles. The topological polar surface area (TPSA) is 84.9 Å². The number of halogens is 1. The quantitative estimate of drug-likeness (QED) is 0.129. The molecule has 0 saturated carbocycles. The van der Waals surface area contributed by atoms with Gasteiger partial charge in [-0.2, -0.15) is 0 Å². The van der Waals surface area contributed by atoms with Crippen LogP contribution in [0.25, 0.3) is 0 Å². The third-order valence-corrected chi connectivity index (χ3v) is 7.00. The Bertz CT molecular complexity index is 1560. The fourth-order valence-electron chi connectivity index (χ4n) is 4.80. The second kappa shape index (κ2) is 15.5. The van der Waals surface area contributed by atoms with Gasteiger partial charge in [-0.3, -0.25) is 9.59 Å². The van der Waals surface area contributed by atoms with Crippen LogP contribution in [0, 0.1) is 11.7 Å². The van der Waals surface area contributed by atoms with Crippen LogP contribution in [0.2, 0.25) is 0 Å². The fraction of sp³-hybridized carbons (Fsp3) is 0.250. The number of methoxy groups -OCH3 is 1. The van der Waals surface area contributed by atoms with Gasteiger partial charge in [0.25, 0.3) is 0 Å². The molecule has 0 fully saturated rings. The molecular weight excluding hydrogens is 559 g/mol. The van der Waals surface area contributed by atoms with Crippen molar-refractivity contribution in [2.24, 2.45) is 5.92 Å². The molecule has 1 N–H and O–H groups in total. The normalized spacial score (nSPS) is 11.5. The van der Waals surface area contributed by atoms with Gasteiger partial charge in [-0.15, -0.1) is 0 Å². The maximum Gasteiger partial charge on any atom is 0.328 e. The molecule has 0 aromatic heterocycles. The molecule has 44 heavy (non-hydrogen) atoms. The molecule has 4 aromatic rings. The molecule has 0 spiro atoms. The maximum absolute atomic E-state index is 14.5. The molecule has 0 aliphatic carbocycles. The standard InChI is InChI=1S/C36H37FN2O5/c1-25(2)23-34(40)39(33-16-10-8-14-30(33)37)21-22-44-28-19-17-26(18-20-28)24-32(36(42)43-3)38-31-15-9-7-13-29(31)35(41)27-11-5-4-6-12-27/h4-20,25,32,38H,21-24H2,1-3H3/t32-/m0/s1. The van der Waals surface area contributed by atoms with Gasteiger partial charge in [0.05, 0.1) is 19.3 Å². The zero-order valence-electron chi connectivity index (χ0n) is 25.2. The average Bonchev–Trinajstić information content (AvgIpc) is 3.03. The summed E-state index contributed by atoms with van der Waals surface area (Å²) in [5.74, 6) is -0.552. The van der Waals surface area contributed by atoms with E-state index in [0.29, 0.717) is 35.4 Å². The molecule has 0 radical (unpaired) electrons. The van der Waals surface area contributed by atoms with E-state index in [1.165, 1.54) is 18.1 Å². The monoisotopic (exact) mass is 596 g/mol. The van der Waals surface area contributed by atoms with E-state index >= 15 is 0 Å². The van der Waals surface area contributed by atoms with Gasteiger partial charge in [0.2, 0.25) is 5.91 Å². The summed E-state index contributed by atoms with van der Waals surface area (Å²) in [6.07, 6.45) is 0.592. The molecule has 228 valence electrons. The molecule has 0 unspecified atom stereocenters. The van der Waals surface area contributed by atoms with Gasteiger partial charge in [0.1, 0.15) is 24.2 Å². The van der Waals surface area contributed by atoms with Crippen molar-refractivity contribution in [3.63, 3.8) is 0 Å². The second-order valence-electron chi connectivity index (χ2n) is 10.8. The van der Waals surface area contributed by atoms with Crippen LogP contribution in [-0.4, -0.2) is 44.0 Å². The Hall–Kier alpha value is -4.98. The summed E-state index contributed by atoms with van der Waals surface area (Å²) in [7, 11) is 1.32. The number of esters is 1. The smallest absolute Gasteiger partial charge is 0.328 e. The molecule has 8 heteroatoms. The number of hydrogen-bond donors (Lipinski definition) is 1. The number of nitrogens with zero attached hydrogens (tertiary/aromatic N) is 1. The summed E-state index contributed by atoms with van der Waals surface area (Å²) in [6.45, 7) is 4.23. The highest BCUT2D eigenvalue weighted by molar-refractivity contribution is 6.12. The molecule has 0 aliphatic heterocycles. The van der Waals surface area contributed by atoms with Crippen LogP contribution in [0.3, 0.4) is 0 Å². The van der Waals surface area contributed by atoms with Gasteiger partial charge in [-0.25, -0.2) is 9.18 Å². The number of carbonyl (C=O) groups excluding carboxylic acids is 3. The summed E-state index contributed by atoms with van der Waals surface area (Å²) in [5.41, 5.74) is 2.60. The molecular formula is C36H37FN2O5. The van der Waals surface area contributed by atoms with Crippen molar-refractivity contribution in [2.45, 2.75) is 32.7 Å². The highest BCUT2D eigenvalue weighted by Crippen LogP contribution is 2.23. The first kappa shape index (κ1) is 31.9. The predicted octanol–water partition coefficient (Wildman–Crippen LogP) is 6.71. The van der Waals surface area contributed by atoms with Crippen molar-refractivity contribution in [1.29, 1.82) is 0 Å². The van der Waals surface area contributed by atoms with Crippen LogP contribution in [-0.2, 0) is 20.7 Å². The van der Waals surface area contributed by atoms with E-state index in [9.17, 15) is 18.8 Å². The Balaban J connectivity index is 1.42.